The monoisotopic (exact) mass is 395 g/mol. The summed E-state index contributed by atoms with van der Waals surface area (Å²) < 4.78 is 28.4. The van der Waals surface area contributed by atoms with Gasteiger partial charge in [0, 0.05) is 32.4 Å². The number of carbonyl (C=O) groups excluding carboxylic acids is 1. The molecule has 2 aliphatic heterocycles. The average Bonchev–Trinajstić information content (AvgIpc) is 2.64. The highest BCUT2D eigenvalue weighted by Crippen LogP contribution is 2.22. The van der Waals surface area contributed by atoms with Crippen molar-refractivity contribution in [1.29, 1.82) is 0 Å². The Hall–Kier alpha value is -1.67. The molecular weight excluding hydrogens is 366 g/mol. The number of rotatable bonds is 4. The van der Waals surface area contributed by atoms with Gasteiger partial charge in [0.05, 0.1) is 0 Å². The third kappa shape index (κ3) is 4.43. The molecule has 0 unspecified atom stereocenters. The summed E-state index contributed by atoms with van der Waals surface area (Å²) in [6.07, 6.45) is 5.01. The number of nitrogens with zero attached hydrogens (tertiary/aromatic N) is 3. The summed E-state index contributed by atoms with van der Waals surface area (Å²) in [4.78, 5) is 26.8. The molecule has 27 heavy (non-hydrogen) atoms. The van der Waals surface area contributed by atoms with Gasteiger partial charge in [-0.1, -0.05) is 13.8 Å². The number of carbonyl (C=O) groups is 1. The van der Waals surface area contributed by atoms with E-state index in [1.165, 1.54) is 27.2 Å². The minimum absolute atomic E-state index is 0.117. The van der Waals surface area contributed by atoms with E-state index in [9.17, 15) is 18.0 Å². The topological polar surface area (TPSA) is 79.7 Å². The largest absolute Gasteiger partial charge is 0.341 e. The second-order valence-electron chi connectivity index (χ2n) is 7.96. The van der Waals surface area contributed by atoms with Crippen LogP contribution < -0.4 is 5.56 Å². The molecule has 0 bridgehead atoms. The van der Waals surface area contributed by atoms with Crippen molar-refractivity contribution in [1.82, 2.24) is 13.8 Å². The lowest BCUT2D eigenvalue weighted by atomic mass is 9.99. The summed E-state index contributed by atoms with van der Waals surface area (Å²) in [5.74, 6) is 0.969. The van der Waals surface area contributed by atoms with E-state index in [1.807, 2.05) is 0 Å². The summed E-state index contributed by atoms with van der Waals surface area (Å²) in [5.41, 5.74) is -0.616. The predicted octanol–water partition coefficient (Wildman–Crippen LogP) is 1.53. The Morgan fingerprint density at radius 3 is 2.19 bits per heavy atom. The van der Waals surface area contributed by atoms with Gasteiger partial charge >= 0.3 is 0 Å². The smallest absolute Gasteiger partial charge is 0.271 e. The third-order valence-corrected chi connectivity index (χ3v) is 7.70. The number of piperidine rings is 2. The van der Waals surface area contributed by atoms with Crippen molar-refractivity contribution < 1.29 is 13.2 Å². The highest BCUT2D eigenvalue weighted by Gasteiger charge is 2.31. The Labute approximate surface area is 161 Å². The normalized spacial score (nSPS) is 20.7. The SMILES string of the molecule is CC1CCN(C(=O)Cn2cccc(S(=O)(=O)N3CCC(C)CC3)c2=O)CC1. The van der Waals surface area contributed by atoms with Crippen molar-refractivity contribution in [2.45, 2.75) is 51.0 Å². The molecule has 2 saturated heterocycles. The lowest BCUT2D eigenvalue weighted by Crippen LogP contribution is -2.43. The van der Waals surface area contributed by atoms with Crippen molar-refractivity contribution in [2.75, 3.05) is 26.2 Å². The summed E-state index contributed by atoms with van der Waals surface area (Å²) in [7, 11) is -3.83. The molecule has 2 aliphatic rings. The van der Waals surface area contributed by atoms with E-state index < -0.39 is 15.6 Å². The molecule has 1 amide bonds. The third-order valence-electron chi connectivity index (χ3n) is 5.79. The van der Waals surface area contributed by atoms with E-state index in [0.29, 0.717) is 38.0 Å². The summed E-state index contributed by atoms with van der Waals surface area (Å²) >= 11 is 0. The van der Waals surface area contributed by atoms with Gasteiger partial charge in [-0.05, 0) is 49.7 Å². The average molecular weight is 396 g/mol. The van der Waals surface area contributed by atoms with E-state index in [2.05, 4.69) is 13.8 Å². The minimum atomic E-state index is -3.83. The van der Waals surface area contributed by atoms with Gasteiger partial charge in [0.2, 0.25) is 15.9 Å². The zero-order valence-corrected chi connectivity index (χ0v) is 17.0. The standard InChI is InChI=1S/C19H29N3O4S/c1-15-5-10-20(11-6-15)18(23)14-21-9-3-4-17(19(21)24)27(25,26)22-12-7-16(2)8-13-22/h3-4,9,15-16H,5-8,10-14H2,1-2H3. The quantitative estimate of drug-likeness (QED) is 0.774. The first-order chi connectivity index (χ1) is 12.8. The van der Waals surface area contributed by atoms with Crippen molar-refractivity contribution in [3.8, 4) is 0 Å². The maximum absolute atomic E-state index is 12.9. The van der Waals surface area contributed by atoms with Crippen molar-refractivity contribution in [3.05, 3.63) is 28.7 Å². The Kier molecular flexibility index (Phi) is 6.05. The number of likely N-dealkylation sites (tertiary alicyclic amines) is 1. The van der Waals surface area contributed by atoms with Crippen molar-refractivity contribution >= 4 is 15.9 Å². The second-order valence-corrected chi connectivity index (χ2v) is 9.86. The maximum Gasteiger partial charge on any atom is 0.271 e. The van der Waals surface area contributed by atoms with Crippen LogP contribution in [0, 0.1) is 11.8 Å². The van der Waals surface area contributed by atoms with Gasteiger partial charge in [0.25, 0.3) is 5.56 Å². The molecule has 150 valence electrons. The Balaban J connectivity index is 1.77. The highest BCUT2D eigenvalue weighted by atomic mass is 32.2. The second kappa shape index (κ2) is 8.14. The van der Waals surface area contributed by atoms with Crippen LogP contribution in [0.5, 0.6) is 0 Å². The molecular formula is C19H29N3O4S. The molecule has 2 fully saturated rings. The van der Waals surface area contributed by atoms with Crippen molar-refractivity contribution in [2.24, 2.45) is 11.8 Å². The van der Waals surface area contributed by atoms with E-state index in [1.54, 1.807) is 4.90 Å². The number of pyridine rings is 1. The molecule has 8 heteroatoms. The lowest BCUT2D eigenvalue weighted by Gasteiger charge is -2.30. The highest BCUT2D eigenvalue weighted by molar-refractivity contribution is 7.89. The van der Waals surface area contributed by atoms with Gasteiger partial charge in [-0.2, -0.15) is 4.31 Å². The number of amides is 1. The molecule has 0 aliphatic carbocycles. The molecule has 0 spiro atoms. The molecule has 3 rings (SSSR count). The van der Waals surface area contributed by atoms with Crippen LogP contribution in [0.25, 0.3) is 0 Å². The fourth-order valence-corrected chi connectivity index (χ4v) is 5.26. The lowest BCUT2D eigenvalue weighted by molar-refractivity contribution is -0.133. The van der Waals surface area contributed by atoms with E-state index in [4.69, 9.17) is 0 Å². The first-order valence-corrected chi connectivity index (χ1v) is 11.2. The van der Waals surface area contributed by atoms with Crippen LogP contribution in [0.15, 0.2) is 28.0 Å². The molecule has 0 aromatic carbocycles. The van der Waals surface area contributed by atoms with Crippen LogP contribution >= 0.6 is 0 Å². The van der Waals surface area contributed by atoms with E-state index in [0.717, 1.165) is 25.7 Å². The van der Waals surface area contributed by atoms with Gasteiger partial charge in [-0.3, -0.25) is 9.59 Å². The van der Waals surface area contributed by atoms with Gasteiger partial charge in [0.1, 0.15) is 11.4 Å². The maximum atomic E-state index is 12.9. The van der Waals surface area contributed by atoms with Gasteiger partial charge in [-0.25, -0.2) is 8.42 Å². The first kappa shape index (κ1) is 20.1. The number of aromatic nitrogens is 1. The van der Waals surface area contributed by atoms with Crippen LogP contribution in [0.3, 0.4) is 0 Å². The molecule has 0 radical (unpaired) electrons. The minimum Gasteiger partial charge on any atom is -0.341 e. The molecule has 7 nitrogen and oxygen atoms in total. The Bertz CT molecular complexity index is 833. The molecule has 1 aromatic rings. The molecule has 0 atom stereocenters. The molecule has 1 aromatic heterocycles. The van der Waals surface area contributed by atoms with E-state index >= 15 is 0 Å². The van der Waals surface area contributed by atoms with Crippen LogP contribution in [-0.2, 0) is 21.4 Å². The van der Waals surface area contributed by atoms with Crippen LogP contribution in [-0.4, -0.2) is 54.3 Å². The van der Waals surface area contributed by atoms with Crippen LogP contribution in [0.4, 0.5) is 0 Å². The predicted molar refractivity (Wildman–Crippen MR) is 103 cm³/mol. The fourth-order valence-electron chi connectivity index (χ4n) is 3.70. The summed E-state index contributed by atoms with van der Waals surface area (Å²) in [6, 6.07) is 2.88. The van der Waals surface area contributed by atoms with Gasteiger partial charge < -0.3 is 9.47 Å². The van der Waals surface area contributed by atoms with E-state index in [-0.39, 0.29) is 17.3 Å². The summed E-state index contributed by atoms with van der Waals surface area (Å²) in [5, 5.41) is 0. The molecule has 0 N–H and O–H groups in total. The fraction of sp³-hybridized carbons (Fsp3) is 0.684. The zero-order chi connectivity index (χ0) is 19.6. The van der Waals surface area contributed by atoms with Gasteiger partial charge in [0.15, 0.2) is 0 Å². The number of hydrogen-bond acceptors (Lipinski definition) is 4. The number of sulfonamides is 1. The Morgan fingerprint density at radius 2 is 1.59 bits per heavy atom. The molecule has 0 saturated carbocycles. The summed E-state index contributed by atoms with van der Waals surface area (Å²) in [6.45, 7) is 6.41. The van der Waals surface area contributed by atoms with Crippen LogP contribution in [0.2, 0.25) is 0 Å². The van der Waals surface area contributed by atoms with Crippen LogP contribution in [0.1, 0.15) is 39.5 Å². The Morgan fingerprint density at radius 1 is 1.04 bits per heavy atom. The first-order valence-electron chi connectivity index (χ1n) is 9.76. The molecule has 3 heterocycles. The zero-order valence-electron chi connectivity index (χ0n) is 16.1. The van der Waals surface area contributed by atoms with Crippen molar-refractivity contribution in [3.63, 3.8) is 0 Å². The number of hydrogen-bond donors (Lipinski definition) is 0. The van der Waals surface area contributed by atoms with Gasteiger partial charge in [-0.15, -0.1) is 0 Å².